The number of hydrogen-bond acceptors (Lipinski definition) is 4. The van der Waals surface area contributed by atoms with Crippen molar-refractivity contribution < 1.29 is 4.79 Å². The summed E-state index contributed by atoms with van der Waals surface area (Å²) in [6.07, 6.45) is 8.14. The lowest BCUT2D eigenvalue weighted by Crippen LogP contribution is -2.26. The number of thiophene rings is 1. The number of nitrogens with one attached hydrogen (secondary N) is 2. The Hall–Kier alpha value is -2.99. The molecular formula is C24H24N4OS. The van der Waals surface area contributed by atoms with Crippen molar-refractivity contribution in [1.82, 2.24) is 20.3 Å². The molecule has 1 unspecified atom stereocenters. The SMILES string of the molecule is Cc1cc(-c2ncnc3[nH]ccc23)ccc1C(C)NC(=O)c1cc2c(s1)CCCC2. The highest BCUT2D eigenvalue weighted by molar-refractivity contribution is 7.14. The summed E-state index contributed by atoms with van der Waals surface area (Å²) in [6.45, 7) is 4.13. The summed E-state index contributed by atoms with van der Waals surface area (Å²) in [5.41, 5.74) is 6.41. The Bertz CT molecular complexity index is 1220. The van der Waals surface area contributed by atoms with E-state index in [0.29, 0.717) is 0 Å². The molecule has 1 aliphatic carbocycles. The molecule has 5 rings (SSSR count). The Morgan fingerprint density at radius 2 is 2.03 bits per heavy atom. The molecule has 0 bridgehead atoms. The van der Waals surface area contributed by atoms with Crippen molar-refractivity contribution in [2.75, 3.05) is 0 Å². The van der Waals surface area contributed by atoms with Gasteiger partial charge in [0.15, 0.2) is 0 Å². The number of aryl methyl sites for hydroxylation is 3. The third-order valence-corrected chi connectivity index (χ3v) is 7.17. The molecule has 3 heterocycles. The van der Waals surface area contributed by atoms with Crippen molar-refractivity contribution in [3.05, 3.63) is 69.3 Å². The molecule has 0 aliphatic heterocycles. The zero-order valence-corrected chi connectivity index (χ0v) is 18.0. The maximum absolute atomic E-state index is 12.8. The summed E-state index contributed by atoms with van der Waals surface area (Å²) in [7, 11) is 0. The first-order valence-electron chi connectivity index (χ1n) is 10.4. The van der Waals surface area contributed by atoms with E-state index in [0.717, 1.165) is 51.1 Å². The molecule has 30 heavy (non-hydrogen) atoms. The highest BCUT2D eigenvalue weighted by Gasteiger charge is 2.20. The van der Waals surface area contributed by atoms with Gasteiger partial charge in [-0.3, -0.25) is 4.79 Å². The van der Waals surface area contributed by atoms with Gasteiger partial charge >= 0.3 is 0 Å². The third kappa shape index (κ3) is 3.41. The van der Waals surface area contributed by atoms with Crippen LogP contribution in [0.2, 0.25) is 0 Å². The van der Waals surface area contributed by atoms with Crippen LogP contribution in [0, 0.1) is 6.92 Å². The number of aromatic amines is 1. The first kappa shape index (κ1) is 19.0. The smallest absolute Gasteiger partial charge is 0.261 e. The summed E-state index contributed by atoms with van der Waals surface area (Å²) < 4.78 is 0. The lowest BCUT2D eigenvalue weighted by molar-refractivity contribution is 0.0944. The maximum atomic E-state index is 12.8. The molecule has 1 atom stereocenters. The first-order chi connectivity index (χ1) is 14.6. The fourth-order valence-corrected chi connectivity index (χ4v) is 5.52. The van der Waals surface area contributed by atoms with Gasteiger partial charge in [-0.15, -0.1) is 11.3 Å². The number of H-pyrrole nitrogens is 1. The average molecular weight is 417 g/mol. The van der Waals surface area contributed by atoms with Gasteiger partial charge in [-0.25, -0.2) is 9.97 Å². The van der Waals surface area contributed by atoms with Gasteiger partial charge in [0.1, 0.15) is 12.0 Å². The quantitative estimate of drug-likeness (QED) is 0.470. The summed E-state index contributed by atoms with van der Waals surface area (Å²) in [6, 6.07) is 10.3. The third-order valence-electron chi connectivity index (χ3n) is 5.93. The van der Waals surface area contributed by atoms with Crippen molar-refractivity contribution in [1.29, 1.82) is 0 Å². The van der Waals surface area contributed by atoms with Crippen molar-refractivity contribution in [3.63, 3.8) is 0 Å². The number of amides is 1. The zero-order chi connectivity index (χ0) is 20.7. The second-order valence-electron chi connectivity index (χ2n) is 7.99. The van der Waals surface area contributed by atoms with E-state index in [2.05, 4.69) is 51.5 Å². The maximum Gasteiger partial charge on any atom is 0.261 e. The summed E-state index contributed by atoms with van der Waals surface area (Å²) in [5, 5.41) is 4.20. The molecule has 6 heteroatoms. The minimum Gasteiger partial charge on any atom is -0.346 e. The second-order valence-corrected chi connectivity index (χ2v) is 9.13. The van der Waals surface area contributed by atoms with Gasteiger partial charge in [0, 0.05) is 22.0 Å². The zero-order valence-electron chi connectivity index (χ0n) is 17.2. The largest absolute Gasteiger partial charge is 0.346 e. The van der Waals surface area contributed by atoms with Crippen LogP contribution in [0.3, 0.4) is 0 Å². The fourth-order valence-electron chi connectivity index (χ4n) is 4.36. The number of carbonyl (C=O) groups excluding carboxylic acids is 1. The van der Waals surface area contributed by atoms with Crippen LogP contribution >= 0.6 is 11.3 Å². The van der Waals surface area contributed by atoms with Crippen LogP contribution in [0.1, 0.15) is 57.0 Å². The van der Waals surface area contributed by atoms with Gasteiger partial charge in [-0.2, -0.15) is 0 Å². The highest BCUT2D eigenvalue weighted by atomic mass is 32.1. The molecule has 0 fully saturated rings. The predicted molar refractivity (Wildman–Crippen MR) is 121 cm³/mol. The fraction of sp³-hybridized carbons (Fsp3) is 0.292. The number of hydrogen-bond donors (Lipinski definition) is 2. The van der Waals surface area contributed by atoms with Gasteiger partial charge in [-0.1, -0.05) is 12.1 Å². The molecule has 0 spiro atoms. The number of rotatable bonds is 4. The first-order valence-corrected chi connectivity index (χ1v) is 11.2. The van der Waals surface area contributed by atoms with Gasteiger partial charge in [0.05, 0.1) is 16.6 Å². The minimum absolute atomic E-state index is 0.0233. The topological polar surface area (TPSA) is 70.7 Å². The molecule has 1 aromatic carbocycles. The van der Waals surface area contributed by atoms with Crippen LogP contribution in [-0.2, 0) is 12.8 Å². The molecule has 0 saturated carbocycles. The van der Waals surface area contributed by atoms with Crippen molar-refractivity contribution in [2.45, 2.75) is 45.6 Å². The van der Waals surface area contributed by atoms with Crippen molar-refractivity contribution >= 4 is 28.3 Å². The van der Waals surface area contributed by atoms with E-state index >= 15 is 0 Å². The Labute approximate surface area is 179 Å². The molecule has 5 nitrogen and oxygen atoms in total. The molecule has 152 valence electrons. The van der Waals surface area contributed by atoms with Crippen LogP contribution in [-0.4, -0.2) is 20.9 Å². The molecule has 0 saturated heterocycles. The molecule has 1 aliphatic rings. The van der Waals surface area contributed by atoms with E-state index in [4.69, 9.17) is 0 Å². The van der Waals surface area contributed by atoms with Crippen LogP contribution in [0.25, 0.3) is 22.3 Å². The monoisotopic (exact) mass is 416 g/mol. The van der Waals surface area contributed by atoms with Gasteiger partial charge in [0.25, 0.3) is 5.91 Å². The Morgan fingerprint density at radius 3 is 2.87 bits per heavy atom. The Balaban J connectivity index is 1.37. The minimum atomic E-state index is -0.0663. The van der Waals surface area contributed by atoms with E-state index in [1.807, 2.05) is 19.2 Å². The van der Waals surface area contributed by atoms with Crippen LogP contribution in [0.5, 0.6) is 0 Å². The van der Waals surface area contributed by atoms with Crippen LogP contribution in [0.4, 0.5) is 0 Å². The van der Waals surface area contributed by atoms with E-state index in [1.54, 1.807) is 17.7 Å². The van der Waals surface area contributed by atoms with Gasteiger partial charge < -0.3 is 10.3 Å². The second kappa shape index (κ2) is 7.69. The molecule has 0 radical (unpaired) electrons. The molecule has 3 aromatic heterocycles. The molecular weight excluding hydrogens is 392 g/mol. The lowest BCUT2D eigenvalue weighted by atomic mass is 9.97. The molecule has 4 aromatic rings. The van der Waals surface area contributed by atoms with Crippen molar-refractivity contribution in [2.24, 2.45) is 0 Å². The van der Waals surface area contributed by atoms with E-state index < -0.39 is 0 Å². The number of nitrogens with zero attached hydrogens (tertiary/aromatic N) is 2. The number of fused-ring (bicyclic) bond motifs is 2. The standard InChI is InChI=1S/C24H24N4OS/c1-14-11-17(22-19-9-10-25-23(19)27-13-26-22)7-8-18(14)15(2)28-24(29)21-12-16-5-3-4-6-20(16)30-21/h7-13,15H,3-6H2,1-2H3,(H,28,29)(H,25,26,27). The summed E-state index contributed by atoms with van der Waals surface area (Å²) in [4.78, 5) is 26.9. The van der Waals surface area contributed by atoms with E-state index in [1.165, 1.54) is 23.3 Å². The number of aromatic nitrogens is 3. The average Bonchev–Trinajstić information content (AvgIpc) is 3.40. The number of carbonyl (C=O) groups is 1. The highest BCUT2D eigenvalue weighted by Crippen LogP contribution is 2.31. The normalized spacial score (nSPS) is 14.5. The van der Waals surface area contributed by atoms with Gasteiger partial charge in [0.2, 0.25) is 0 Å². The Morgan fingerprint density at radius 1 is 1.17 bits per heavy atom. The predicted octanol–water partition coefficient (Wildman–Crippen LogP) is 5.36. The number of benzene rings is 1. The van der Waals surface area contributed by atoms with E-state index in [9.17, 15) is 4.79 Å². The Kier molecular flexibility index (Phi) is 4.87. The van der Waals surface area contributed by atoms with Crippen molar-refractivity contribution in [3.8, 4) is 11.3 Å². The summed E-state index contributed by atoms with van der Waals surface area (Å²) in [5.74, 6) is 0.0233. The summed E-state index contributed by atoms with van der Waals surface area (Å²) >= 11 is 1.66. The van der Waals surface area contributed by atoms with Gasteiger partial charge in [-0.05, 0) is 74.4 Å². The van der Waals surface area contributed by atoms with E-state index in [-0.39, 0.29) is 11.9 Å². The van der Waals surface area contributed by atoms with Crippen LogP contribution < -0.4 is 5.32 Å². The lowest BCUT2D eigenvalue weighted by Gasteiger charge is -2.17. The molecule has 1 amide bonds. The van der Waals surface area contributed by atoms with Crippen LogP contribution in [0.15, 0.2) is 42.9 Å². The molecule has 2 N–H and O–H groups in total.